The molecule has 1 aromatic heterocycles. The van der Waals surface area contributed by atoms with E-state index in [0.717, 1.165) is 24.4 Å². The summed E-state index contributed by atoms with van der Waals surface area (Å²) >= 11 is 0. The molecule has 2 N–H and O–H groups in total. The first-order valence-electron chi connectivity index (χ1n) is 13.5. The van der Waals surface area contributed by atoms with E-state index in [2.05, 4.69) is 64.6 Å². The molecule has 0 spiro atoms. The summed E-state index contributed by atoms with van der Waals surface area (Å²) < 4.78 is 8.31. The molecule has 0 saturated carbocycles. The number of nitrogens with zero attached hydrogens (tertiary/aromatic N) is 3. The summed E-state index contributed by atoms with van der Waals surface area (Å²) in [5, 5.41) is 21.8. The molecule has 0 aliphatic carbocycles. The molecule has 0 amide bonds. The highest BCUT2D eigenvalue weighted by Gasteiger charge is 2.17. The van der Waals surface area contributed by atoms with Gasteiger partial charge in [0, 0.05) is 49.4 Å². The van der Waals surface area contributed by atoms with Gasteiger partial charge in [-0.25, -0.2) is 0 Å². The van der Waals surface area contributed by atoms with Gasteiger partial charge in [0.2, 0.25) is 0 Å². The van der Waals surface area contributed by atoms with Crippen LogP contribution in [0.2, 0.25) is 0 Å². The van der Waals surface area contributed by atoms with Crippen LogP contribution in [-0.4, -0.2) is 76.6 Å². The molecule has 6 heteroatoms. The highest BCUT2D eigenvalue weighted by molar-refractivity contribution is 5.85. The number of piperidine rings is 1. The van der Waals surface area contributed by atoms with Gasteiger partial charge in [-0.15, -0.1) is 0 Å². The van der Waals surface area contributed by atoms with Crippen molar-refractivity contribution in [1.82, 2.24) is 14.4 Å². The SMILES string of the molecule is Cc1c(C)n(C[C@H](O)CN(CCCO)Cc2cccc(OCCN3CCCCC3)c2)c2ccccc12. The van der Waals surface area contributed by atoms with Gasteiger partial charge >= 0.3 is 0 Å². The maximum Gasteiger partial charge on any atom is 0.119 e. The topological polar surface area (TPSA) is 61.1 Å². The second-order valence-electron chi connectivity index (χ2n) is 10.2. The monoisotopic (exact) mass is 493 g/mol. The van der Waals surface area contributed by atoms with Crippen LogP contribution in [0, 0.1) is 13.8 Å². The second-order valence-corrected chi connectivity index (χ2v) is 10.2. The van der Waals surface area contributed by atoms with E-state index >= 15 is 0 Å². The summed E-state index contributed by atoms with van der Waals surface area (Å²) in [5.41, 5.74) is 4.80. The fraction of sp³-hybridized carbons (Fsp3) is 0.533. The predicted octanol–water partition coefficient (Wildman–Crippen LogP) is 4.37. The number of ether oxygens (including phenoxy) is 1. The van der Waals surface area contributed by atoms with Gasteiger partial charge in [0.05, 0.1) is 12.6 Å². The number of para-hydroxylation sites is 1. The highest BCUT2D eigenvalue weighted by Crippen LogP contribution is 2.25. The Labute approximate surface area is 216 Å². The van der Waals surface area contributed by atoms with Crippen molar-refractivity contribution in [3.8, 4) is 5.75 Å². The zero-order chi connectivity index (χ0) is 25.3. The van der Waals surface area contributed by atoms with E-state index in [4.69, 9.17) is 4.74 Å². The van der Waals surface area contributed by atoms with Crippen LogP contribution in [0.3, 0.4) is 0 Å². The number of aryl methyl sites for hydroxylation is 1. The van der Waals surface area contributed by atoms with E-state index in [9.17, 15) is 10.2 Å². The highest BCUT2D eigenvalue weighted by atomic mass is 16.5. The fourth-order valence-corrected chi connectivity index (χ4v) is 5.40. The normalized spacial score (nSPS) is 15.6. The first-order valence-corrected chi connectivity index (χ1v) is 13.5. The van der Waals surface area contributed by atoms with Crippen molar-refractivity contribution in [2.75, 3.05) is 45.9 Å². The van der Waals surface area contributed by atoms with Crippen molar-refractivity contribution >= 4 is 10.9 Å². The van der Waals surface area contributed by atoms with Gasteiger partial charge < -0.3 is 19.5 Å². The molecule has 36 heavy (non-hydrogen) atoms. The van der Waals surface area contributed by atoms with Gasteiger partial charge in [-0.3, -0.25) is 9.80 Å². The largest absolute Gasteiger partial charge is 0.492 e. The maximum absolute atomic E-state index is 11.1. The number of aliphatic hydroxyl groups is 2. The third kappa shape index (κ3) is 7.10. The molecule has 196 valence electrons. The quantitative estimate of drug-likeness (QED) is 0.370. The first-order chi connectivity index (χ1) is 17.5. The molecule has 3 aromatic rings. The van der Waals surface area contributed by atoms with E-state index in [1.54, 1.807) is 0 Å². The van der Waals surface area contributed by atoms with E-state index in [0.29, 0.717) is 32.7 Å². The van der Waals surface area contributed by atoms with Crippen LogP contribution in [0.1, 0.15) is 42.5 Å². The first kappa shape index (κ1) is 26.7. The maximum atomic E-state index is 11.1. The number of rotatable bonds is 13. The van der Waals surface area contributed by atoms with Crippen LogP contribution in [0.4, 0.5) is 0 Å². The molecule has 1 atom stereocenters. The molecule has 1 aliphatic heterocycles. The van der Waals surface area contributed by atoms with E-state index in [1.807, 2.05) is 12.1 Å². The number of aromatic nitrogens is 1. The standard InChI is InChI=1S/C30H43N3O3/c1-24-25(2)33(30-13-5-4-12-29(24)30)23-27(35)22-32(16-9-18-34)21-26-10-8-11-28(20-26)36-19-17-31-14-6-3-7-15-31/h4-5,8,10-13,20,27,34-35H,3,6-7,9,14-19,21-23H2,1-2H3/t27-/m1/s1. The Kier molecular flexibility index (Phi) is 9.82. The van der Waals surface area contributed by atoms with Gasteiger partial charge in [0.1, 0.15) is 12.4 Å². The van der Waals surface area contributed by atoms with Gasteiger partial charge in [0.25, 0.3) is 0 Å². The molecule has 1 saturated heterocycles. The van der Waals surface area contributed by atoms with Crippen molar-refractivity contribution in [2.45, 2.75) is 58.7 Å². The van der Waals surface area contributed by atoms with Gasteiger partial charge in [-0.1, -0.05) is 36.8 Å². The van der Waals surface area contributed by atoms with Crippen LogP contribution in [0.25, 0.3) is 10.9 Å². The number of fused-ring (bicyclic) bond motifs is 1. The average Bonchev–Trinajstić information content (AvgIpc) is 3.13. The lowest BCUT2D eigenvalue weighted by Gasteiger charge is -2.26. The number of benzene rings is 2. The predicted molar refractivity (Wildman–Crippen MR) is 147 cm³/mol. The fourth-order valence-electron chi connectivity index (χ4n) is 5.40. The average molecular weight is 494 g/mol. The molecule has 2 heterocycles. The molecule has 4 rings (SSSR count). The van der Waals surface area contributed by atoms with Crippen LogP contribution < -0.4 is 4.74 Å². The van der Waals surface area contributed by atoms with Gasteiger partial charge in [0.15, 0.2) is 0 Å². The minimum absolute atomic E-state index is 0.146. The third-order valence-electron chi connectivity index (χ3n) is 7.47. The molecular weight excluding hydrogens is 450 g/mol. The van der Waals surface area contributed by atoms with Gasteiger partial charge in [-0.05, 0) is 75.5 Å². The minimum Gasteiger partial charge on any atom is -0.492 e. The number of likely N-dealkylation sites (tertiary alicyclic amines) is 1. The molecule has 0 unspecified atom stereocenters. The lowest BCUT2D eigenvalue weighted by Crippen LogP contribution is -2.35. The Bertz CT molecular complexity index is 1090. The Balaban J connectivity index is 1.36. The number of hydrogen-bond donors (Lipinski definition) is 2. The van der Waals surface area contributed by atoms with Gasteiger partial charge in [-0.2, -0.15) is 0 Å². The van der Waals surface area contributed by atoms with Crippen LogP contribution in [0.5, 0.6) is 5.75 Å². The summed E-state index contributed by atoms with van der Waals surface area (Å²) in [4.78, 5) is 4.73. The molecular formula is C30H43N3O3. The van der Waals surface area contributed by atoms with E-state index < -0.39 is 6.10 Å². The summed E-state index contributed by atoms with van der Waals surface area (Å²) in [6.07, 6.45) is 4.11. The Morgan fingerprint density at radius 2 is 1.83 bits per heavy atom. The zero-order valence-corrected chi connectivity index (χ0v) is 22.0. The molecule has 0 radical (unpaired) electrons. The lowest BCUT2D eigenvalue weighted by molar-refractivity contribution is 0.0908. The van der Waals surface area contributed by atoms with Crippen molar-refractivity contribution in [3.05, 3.63) is 65.4 Å². The van der Waals surface area contributed by atoms with E-state index in [1.165, 1.54) is 54.5 Å². The smallest absolute Gasteiger partial charge is 0.119 e. The van der Waals surface area contributed by atoms with Crippen molar-refractivity contribution in [1.29, 1.82) is 0 Å². The van der Waals surface area contributed by atoms with Crippen LogP contribution in [0.15, 0.2) is 48.5 Å². The second kappa shape index (κ2) is 13.2. The number of hydrogen-bond acceptors (Lipinski definition) is 5. The third-order valence-corrected chi connectivity index (χ3v) is 7.47. The molecule has 1 aliphatic rings. The zero-order valence-electron chi connectivity index (χ0n) is 22.0. The Hall–Kier alpha value is -2.38. The molecule has 6 nitrogen and oxygen atoms in total. The summed E-state index contributed by atoms with van der Waals surface area (Å²) in [7, 11) is 0. The Morgan fingerprint density at radius 3 is 2.64 bits per heavy atom. The van der Waals surface area contributed by atoms with Crippen molar-refractivity contribution < 1.29 is 14.9 Å². The minimum atomic E-state index is -0.512. The van der Waals surface area contributed by atoms with E-state index in [-0.39, 0.29) is 6.61 Å². The molecule has 2 aromatic carbocycles. The summed E-state index contributed by atoms with van der Waals surface area (Å²) in [6, 6.07) is 16.7. The molecule has 0 bridgehead atoms. The van der Waals surface area contributed by atoms with Crippen molar-refractivity contribution in [2.24, 2.45) is 0 Å². The summed E-state index contributed by atoms with van der Waals surface area (Å²) in [6.45, 7) is 11.0. The van der Waals surface area contributed by atoms with Crippen LogP contribution >= 0.6 is 0 Å². The Morgan fingerprint density at radius 1 is 1.03 bits per heavy atom. The lowest BCUT2D eigenvalue weighted by atomic mass is 10.1. The molecule has 1 fully saturated rings. The number of aliphatic hydroxyl groups excluding tert-OH is 2. The van der Waals surface area contributed by atoms with Crippen molar-refractivity contribution in [3.63, 3.8) is 0 Å². The summed E-state index contributed by atoms with van der Waals surface area (Å²) in [5.74, 6) is 0.900. The van der Waals surface area contributed by atoms with Crippen LogP contribution in [-0.2, 0) is 13.1 Å².